The van der Waals surface area contributed by atoms with Gasteiger partial charge < -0.3 is 10.2 Å². The number of nitrogens with one attached hydrogen (secondary N) is 1. The lowest BCUT2D eigenvalue weighted by atomic mass is 9.97. The molecule has 6 heteroatoms. The number of benzene rings is 1. The van der Waals surface area contributed by atoms with Gasteiger partial charge in [-0.25, -0.2) is 0 Å². The second kappa shape index (κ2) is 6.22. The van der Waals surface area contributed by atoms with Crippen LogP contribution in [-0.4, -0.2) is 31.6 Å². The van der Waals surface area contributed by atoms with Gasteiger partial charge in [-0.05, 0) is 51.0 Å². The lowest BCUT2D eigenvalue weighted by Crippen LogP contribution is -2.33. The maximum absolute atomic E-state index is 12.9. The molecule has 0 unspecified atom stereocenters. The predicted molar refractivity (Wildman–Crippen MR) is 75.2 cm³/mol. The fraction of sp³-hybridized carbons (Fsp3) is 0.571. The summed E-state index contributed by atoms with van der Waals surface area (Å²) in [6.07, 6.45) is -2.40. The van der Waals surface area contributed by atoms with Crippen LogP contribution in [0.1, 0.15) is 18.4 Å². The van der Waals surface area contributed by atoms with Crippen molar-refractivity contribution >= 4 is 17.3 Å². The van der Waals surface area contributed by atoms with Gasteiger partial charge in [-0.3, -0.25) is 0 Å². The van der Waals surface area contributed by atoms with Crippen LogP contribution in [0.2, 0.25) is 5.02 Å². The van der Waals surface area contributed by atoms with Gasteiger partial charge in [0.2, 0.25) is 0 Å². The standard InChI is InChI=1S/C14H18ClF3N2/c1-20-7-5-10(6-8-20)9-19-13-11(14(16,17)18)3-2-4-12(13)15/h2-4,10,19H,5-9H2,1H3. The number of piperidine rings is 1. The quantitative estimate of drug-likeness (QED) is 0.904. The molecular weight excluding hydrogens is 289 g/mol. The average Bonchev–Trinajstić information content (AvgIpc) is 2.38. The molecule has 0 spiro atoms. The van der Waals surface area contributed by atoms with Crippen LogP contribution in [0, 0.1) is 5.92 Å². The molecule has 1 aromatic carbocycles. The first-order chi connectivity index (χ1) is 9.38. The summed E-state index contributed by atoms with van der Waals surface area (Å²) in [5.41, 5.74) is -0.696. The van der Waals surface area contributed by atoms with Gasteiger partial charge in [-0.15, -0.1) is 0 Å². The first kappa shape index (κ1) is 15.4. The number of likely N-dealkylation sites (tertiary alicyclic amines) is 1. The van der Waals surface area contributed by atoms with Crippen molar-refractivity contribution in [3.8, 4) is 0 Å². The highest BCUT2D eigenvalue weighted by molar-refractivity contribution is 6.33. The fourth-order valence-corrected chi connectivity index (χ4v) is 2.69. The third-order valence-electron chi connectivity index (χ3n) is 3.72. The van der Waals surface area contributed by atoms with E-state index >= 15 is 0 Å². The van der Waals surface area contributed by atoms with E-state index in [-0.39, 0.29) is 10.7 Å². The van der Waals surface area contributed by atoms with Gasteiger partial charge in [0.25, 0.3) is 0 Å². The first-order valence-electron chi connectivity index (χ1n) is 6.66. The summed E-state index contributed by atoms with van der Waals surface area (Å²) in [5.74, 6) is 0.392. The van der Waals surface area contributed by atoms with E-state index in [2.05, 4.69) is 17.3 Å². The van der Waals surface area contributed by atoms with Gasteiger partial charge in [0.05, 0.1) is 16.3 Å². The first-order valence-corrected chi connectivity index (χ1v) is 7.04. The van der Waals surface area contributed by atoms with E-state index in [1.807, 2.05) is 0 Å². The molecule has 1 aliphatic rings. The summed E-state index contributed by atoms with van der Waals surface area (Å²) in [7, 11) is 2.06. The van der Waals surface area contributed by atoms with E-state index in [0.29, 0.717) is 12.5 Å². The minimum Gasteiger partial charge on any atom is -0.383 e. The van der Waals surface area contributed by atoms with Crippen LogP contribution in [-0.2, 0) is 6.18 Å². The molecule has 2 nitrogen and oxygen atoms in total. The van der Waals surface area contributed by atoms with Crippen LogP contribution in [0.5, 0.6) is 0 Å². The van der Waals surface area contributed by atoms with Crippen molar-refractivity contribution in [3.63, 3.8) is 0 Å². The van der Waals surface area contributed by atoms with Crippen molar-refractivity contribution < 1.29 is 13.2 Å². The van der Waals surface area contributed by atoms with E-state index in [0.717, 1.165) is 32.0 Å². The minimum atomic E-state index is -4.39. The zero-order valence-electron chi connectivity index (χ0n) is 11.3. The van der Waals surface area contributed by atoms with Crippen LogP contribution < -0.4 is 5.32 Å². The second-order valence-electron chi connectivity index (χ2n) is 5.29. The smallest absolute Gasteiger partial charge is 0.383 e. The molecule has 1 aromatic rings. The Bertz CT molecular complexity index is 454. The number of hydrogen-bond donors (Lipinski definition) is 1. The molecule has 1 aliphatic heterocycles. The number of alkyl halides is 3. The maximum atomic E-state index is 12.9. The lowest BCUT2D eigenvalue weighted by Gasteiger charge is -2.29. The molecule has 0 saturated carbocycles. The van der Waals surface area contributed by atoms with Crippen LogP contribution >= 0.6 is 11.6 Å². The second-order valence-corrected chi connectivity index (χ2v) is 5.69. The Morgan fingerprint density at radius 3 is 2.55 bits per heavy atom. The van der Waals surface area contributed by atoms with E-state index < -0.39 is 11.7 Å². The predicted octanol–water partition coefficient (Wildman–Crippen LogP) is 4.11. The van der Waals surface area contributed by atoms with Crippen molar-refractivity contribution in [2.75, 3.05) is 32.0 Å². The Kier molecular flexibility index (Phi) is 4.81. The van der Waals surface area contributed by atoms with Crippen LogP contribution in [0.15, 0.2) is 18.2 Å². The molecule has 1 N–H and O–H groups in total. The van der Waals surface area contributed by atoms with Gasteiger partial charge in [0, 0.05) is 6.54 Å². The van der Waals surface area contributed by atoms with E-state index in [1.54, 1.807) is 0 Å². The topological polar surface area (TPSA) is 15.3 Å². The summed E-state index contributed by atoms with van der Waals surface area (Å²) < 4.78 is 38.8. The van der Waals surface area contributed by atoms with Crippen molar-refractivity contribution in [1.82, 2.24) is 4.90 Å². The number of para-hydroxylation sites is 1. The molecule has 0 radical (unpaired) electrons. The van der Waals surface area contributed by atoms with E-state index in [1.165, 1.54) is 12.1 Å². The number of rotatable bonds is 3. The summed E-state index contributed by atoms with van der Waals surface area (Å²) in [5, 5.41) is 3.02. The van der Waals surface area contributed by atoms with Crippen LogP contribution in [0.4, 0.5) is 18.9 Å². The van der Waals surface area contributed by atoms with Gasteiger partial charge in [0.1, 0.15) is 0 Å². The highest BCUT2D eigenvalue weighted by atomic mass is 35.5. The zero-order valence-corrected chi connectivity index (χ0v) is 12.1. The van der Waals surface area contributed by atoms with Gasteiger partial charge >= 0.3 is 6.18 Å². The van der Waals surface area contributed by atoms with E-state index in [9.17, 15) is 13.2 Å². The molecule has 0 aliphatic carbocycles. The highest BCUT2D eigenvalue weighted by Crippen LogP contribution is 2.38. The Morgan fingerprint density at radius 1 is 1.30 bits per heavy atom. The molecule has 0 amide bonds. The largest absolute Gasteiger partial charge is 0.418 e. The molecule has 0 bridgehead atoms. The van der Waals surface area contributed by atoms with Gasteiger partial charge in [0.15, 0.2) is 0 Å². The Balaban J connectivity index is 2.05. The highest BCUT2D eigenvalue weighted by Gasteiger charge is 2.34. The third kappa shape index (κ3) is 3.79. The molecule has 112 valence electrons. The van der Waals surface area contributed by atoms with Crippen molar-refractivity contribution in [2.24, 2.45) is 5.92 Å². The summed E-state index contributed by atoms with van der Waals surface area (Å²) >= 11 is 5.91. The fourth-order valence-electron chi connectivity index (χ4n) is 2.45. The molecule has 2 rings (SSSR count). The van der Waals surface area contributed by atoms with E-state index in [4.69, 9.17) is 11.6 Å². The minimum absolute atomic E-state index is 0.000551. The third-order valence-corrected chi connectivity index (χ3v) is 4.04. The monoisotopic (exact) mass is 306 g/mol. The zero-order chi connectivity index (χ0) is 14.8. The maximum Gasteiger partial charge on any atom is 0.418 e. The normalized spacial score (nSPS) is 18.2. The van der Waals surface area contributed by atoms with Gasteiger partial charge in [-0.1, -0.05) is 17.7 Å². The number of nitrogens with zero attached hydrogens (tertiary/aromatic N) is 1. The molecule has 0 atom stereocenters. The summed E-state index contributed by atoms with van der Waals surface area (Å²) in [6.45, 7) is 2.50. The van der Waals surface area contributed by atoms with Crippen molar-refractivity contribution in [3.05, 3.63) is 28.8 Å². The van der Waals surface area contributed by atoms with Crippen LogP contribution in [0.3, 0.4) is 0 Å². The number of hydrogen-bond acceptors (Lipinski definition) is 2. The summed E-state index contributed by atoms with van der Waals surface area (Å²) in [6, 6.07) is 3.86. The Hall–Kier alpha value is -0.940. The summed E-state index contributed by atoms with van der Waals surface area (Å²) in [4.78, 5) is 2.23. The molecule has 1 heterocycles. The average molecular weight is 307 g/mol. The van der Waals surface area contributed by atoms with Gasteiger partial charge in [-0.2, -0.15) is 13.2 Å². The van der Waals surface area contributed by atoms with Crippen LogP contribution in [0.25, 0.3) is 0 Å². The number of anilines is 1. The van der Waals surface area contributed by atoms with Crippen molar-refractivity contribution in [1.29, 1.82) is 0 Å². The molecule has 20 heavy (non-hydrogen) atoms. The SMILES string of the molecule is CN1CCC(CNc2c(Cl)cccc2C(F)(F)F)CC1. The molecular formula is C14H18ClF3N2. The van der Waals surface area contributed by atoms with Crippen molar-refractivity contribution in [2.45, 2.75) is 19.0 Å². The Morgan fingerprint density at radius 2 is 1.95 bits per heavy atom. The lowest BCUT2D eigenvalue weighted by molar-refractivity contribution is -0.136. The molecule has 1 fully saturated rings. The number of halogens is 4. The molecule has 0 aromatic heterocycles. The Labute approximate surface area is 121 Å². The molecule has 1 saturated heterocycles.